The molecule has 24 heavy (non-hydrogen) atoms. The van der Waals surface area contributed by atoms with Crippen molar-refractivity contribution in [3.8, 4) is 0 Å². The van der Waals surface area contributed by atoms with Crippen LogP contribution >= 0.6 is 11.8 Å². The smallest absolute Gasteiger partial charge is 0.253 e. The van der Waals surface area contributed by atoms with Crippen molar-refractivity contribution in [2.45, 2.75) is 18.1 Å². The van der Waals surface area contributed by atoms with Gasteiger partial charge in [0.15, 0.2) is 0 Å². The molecule has 1 atom stereocenters. The highest BCUT2D eigenvalue weighted by atomic mass is 32.2. The van der Waals surface area contributed by atoms with Gasteiger partial charge in [-0.15, -0.1) is 5.10 Å². The second kappa shape index (κ2) is 6.96. The van der Waals surface area contributed by atoms with E-state index >= 15 is 0 Å². The second-order valence-corrected chi connectivity index (χ2v) is 6.22. The summed E-state index contributed by atoms with van der Waals surface area (Å²) in [5, 5.41) is 4.75. The largest absolute Gasteiger partial charge is 0.338 e. The molecule has 0 bridgehead atoms. The van der Waals surface area contributed by atoms with Crippen molar-refractivity contribution in [1.29, 1.82) is 0 Å². The molecule has 3 aromatic rings. The third kappa shape index (κ3) is 3.53. The first-order chi connectivity index (χ1) is 11.5. The summed E-state index contributed by atoms with van der Waals surface area (Å²) >= 11 is 1.26. The summed E-state index contributed by atoms with van der Waals surface area (Å²) in [6.45, 7) is 1.91. The van der Waals surface area contributed by atoms with E-state index in [1.54, 1.807) is 47.1 Å². The van der Waals surface area contributed by atoms with E-state index in [9.17, 15) is 9.18 Å². The van der Waals surface area contributed by atoms with Gasteiger partial charge in [0.25, 0.3) is 5.78 Å². The van der Waals surface area contributed by atoms with Gasteiger partial charge in [-0.05, 0) is 30.7 Å². The van der Waals surface area contributed by atoms with Crippen molar-refractivity contribution >= 4 is 23.4 Å². The summed E-state index contributed by atoms with van der Waals surface area (Å²) in [5.41, 5.74) is 0.882. The number of rotatable bonds is 5. The number of amides is 1. The molecule has 1 aromatic carbocycles. The summed E-state index contributed by atoms with van der Waals surface area (Å²) in [7, 11) is 1.73. The predicted octanol–water partition coefficient (Wildman–Crippen LogP) is 2.58. The molecule has 0 aliphatic heterocycles. The quantitative estimate of drug-likeness (QED) is 0.665. The maximum atomic E-state index is 13.0. The van der Waals surface area contributed by atoms with Crippen LogP contribution in [0, 0.1) is 5.82 Å². The minimum Gasteiger partial charge on any atom is -0.338 e. The zero-order valence-electron chi connectivity index (χ0n) is 13.3. The average Bonchev–Trinajstić information content (AvgIpc) is 3.02. The van der Waals surface area contributed by atoms with Crippen LogP contribution in [0.25, 0.3) is 5.78 Å². The molecule has 0 N–H and O–H groups in total. The molecule has 0 spiro atoms. The Morgan fingerprint density at radius 3 is 2.83 bits per heavy atom. The van der Waals surface area contributed by atoms with Crippen molar-refractivity contribution in [2.24, 2.45) is 0 Å². The summed E-state index contributed by atoms with van der Waals surface area (Å²) < 4.78 is 14.6. The van der Waals surface area contributed by atoms with E-state index in [-0.39, 0.29) is 23.5 Å². The summed E-state index contributed by atoms with van der Waals surface area (Å²) in [6, 6.07) is 7.78. The maximum absolute atomic E-state index is 13.0. The van der Waals surface area contributed by atoms with Crippen LogP contribution in [-0.4, -0.2) is 43.2 Å². The molecule has 0 aliphatic rings. The molecule has 0 fully saturated rings. The fourth-order valence-corrected chi connectivity index (χ4v) is 2.93. The third-order valence-electron chi connectivity index (χ3n) is 3.75. The van der Waals surface area contributed by atoms with Gasteiger partial charge in [0, 0.05) is 19.4 Å². The number of carbonyl (C=O) groups excluding carboxylic acids is 1. The Hall–Kier alpha value is -2.48. The molecule has 0 radical (unpaired) electrons. The molecule has 1 unspecified atom stereocenters. The molecule has 2 heterocycles. The standard InChI is InChI=1S/C16H16FN5OS/c1-11(12-4-6-13(17)7-5-12)21(2)14(23)10-24-16-19-15-18-8-3-9-22(15)20-16/h3-9,11H,10H2,1-2H3. The van der Waals surface area contributed by atoms with Gasteiger partial charge in [-0.3, -0.25) is 4.79 Å². The van der Waals surface area contributed by atoms with Crippen molar-refractivity contribution in [2.75, 3.05) is 12.8 Å². The van der Waals surface area contributed by atoms with Crippen LogP contribution in [0.3, 0.4) is 0 Å². The molecular weight excluding hydrogens is 329 g/mol. The van der Waals surface area contributed by atoms with Gasteiger partial charge in [0.1, 0.15) is 5.82 Å². The molecule has 8 heteroatoms. The van der Waals surface area contributed by atoms with E-state index in [4.69, 9.17) is 0 Å². The molecule has 0 saturated heterocycles. The number of benzene rings is 1. The Labute approximate surface area is 142 Å². The number of halogens is 1. The Balaban J connectivity index is 1.62. The van der Waals surface area contributed by atoms with Crippen LogP contribution in [0.15, 0.2) is 47.9 Å². The van der Waals surface area contributed by atoms with Gasteiger partial charge in [0.05, 0.1) is 11.8 Å². The lowest BCUT2D eigenvalue weighted by molar-refractivity contribution is -0.128. The lowest BCUT2D eigenvalue weighted by atomic mass is 10.1. The zero-order chi connectivity index (χ0) is 17.1. The van der Waals surface area contributed by atoms with Crippen molar-refractivity contribution in [1.82, 2.24) is 24.5 Å². The highest BCUT2D eigenvalue weighted by Gasteiger charge is 2.18. The van der Waals surface area contributed by atoms with Gasteiger partial charge in [-0.2, -0.15) is 4.98 Å². The van der Waals surface area contributed by atoms with Crippen LogP contribution in [0.1, 0.15) is 18.5 Å². The van der Waals surface area contributed by atoms with E-state index in [0.717, 1.165) is 5.56 Å². The molecule has 1 amide bonds. The van der Waals surface area contributed by atoms with Gasteiger partial charge >= 0.3 is 0 Å². The lowest BCUT2D eigenvalue weighted by Crippen LogP contribution is -2.31. The predicted molar refractivity (Wildman–Crippen MR) is 89.1 cm³/mol. The topological polar surface area (TPSA) is 63.4 Å². The van der Waals surface area contributed by atoms with E-state index in [2.05, 4.69) is 15.1 Å². The van der Waals surface area contributed by atoms with Crippen molar-refractivity contribution in [3.63, 3.8) is 0 Å². The van der Waals surface area contributed by atoms with Crippen molar-refractivity contribution < 1.29 is 9.18 Å². The first-order valence-electron chi connectivity index (χ1n) is 7.36. The Morgan fingerprint density at radius 2 is 2.12 bits per heavy atom. The number of carbonyl (C=O) groups is 1. The van der Waals surface area contributed by atoms with Crippen LogP contribution in [0.5, 0.6) is 0 Å². The minimum atomic E-state index is -0.290. The molecule has 2 aromatic heterocycles. The monoisotopic (exact) mass is 345 g/mol. The SMILES string of the molecule is CC(c1ccc(F)cc1)N(C)C(=O)CSc1nc2ncccn2n1. The van der Waals surface area contributed by atoms with Crippen LogP contribution in [0.4, 0.5) is 4.39 Å². The summed E-state index contributed by atoms with van der Waals surface area (Å²) in [4.78, 5) is 22.3. The number of aromatic nitrogens is 4. The van der Waals surface area contributed by atoms with E-state index in [0.29, 0.717) is 10.9 Å². The summed E-state index contributed by atoms with van der Waals surface area (Å²) in [6.07, 6.45) is 3.39. The maximum Gasteiger partial charge on any atom is 0.253 e. The highest BCUT2D eigenvalue weighted by Crippen LogP contribution is 2.21. The van der Waals surface area contributed by atoms with E-state index in [1.165, 1.54) is 23.9 Å². The highest BCUT2D eigenvalue weighted by molar-refractivity contribution is 7.99. The Kier molecular flexibility index (Phi) is 4.75. The first kappa shape index (κ1) is 16.4. The van der Waals surface area contributed by atoms with Crippen LogP contribution < -0.4 is 0 Å². The van der Waals surface area contributed by atoms with Crippen molar-refractivity contribution in [3.05, 3.63) is 54.1 Å². The van der Waals surface area contributed by atoms with Gasteiger partial charge in [-0.25, -0.2) is 13.9 Å². The fourth-order valence-electron chi connectivity index (χ4n) is 2.18. The lowest BCUT2D eigenvalue weighted by Gasteiger charge is -2.25. The normalized spacial score (nSPS) is 12.3. The van der Waals surface area contributed by atoms with Gasteiger partial charge < -0.3 is 4.90 Å². The zero-order valence-corrected chi connectivity index (χ0v) is 14.1. The fraction of sp³-hybridized carbons (Fsp3) is 0.250. The Morgan fingerprint density at radius 1 is 1.38 bits per heavy atom. The average molecular weight is 345 g/mol. The summed E-state index contributed by atoms with van der Waals surface area (Å²) in [5.74, 6) is 0.380. The minimum absolute atomic E-state index is 0.0522. The van der Waals surface area contributed by atoms with Crippen LogP contribution in [-0.2, 0) is 4.79 Å². The Bertz CT molecular complexity index is 818. The van der Waals surface area contributed by atoms with Gasteiger partial charge in [0.2, 0.25) is 11.1 Å². The molecule has 0 saturated carbocycles. The third-order valence-corrected chi connectivity index (χ3v) is 4.57. The molecular formula is C16H16FN5OS. The van der Waals surface area contributed by atoms with Crippen LogP contribution in [0.2, 0.25) is 0 Å². The van der Waals surface area contributed by atoms with Gasteiger partial charge in [-0.1, -0.05) is 23.9 Å². The number of nitrogens with zero attached hydrogens (tertiary/aromatic N) is 5. The number of hydrogen-bond acceptors (Lipinski definition) is 5. The van der Waals surface area contributed by atoms with E-state index < -0.39 is 0 Å². The molecule has 0 aliphatic carbocycles. The number of thioether (sulfide) groups is 1. The molecule has 6 nitrogen and oxygen atoms in total. The molecule has 3 rings (SSSR count). The number of fused-ring (bicyclic) bond motifs is 1. The van der Waals surface area contributed by atoms with E-state index in [1.807, 2.05) is 6.92 Å². The molecule has 124 valence electrons. The second-order valence-electron chi connectivity index (χ2n) is 5.28. The number of hydrogen-bond donors (Lipinski definition) is 0. The first-order valence-corrected chi connectivity index (χ1v) is 8.34.